The van der Waals surface area contributed by atoms with Gasteiger partial charge in [-0.05, 0) is 48.2 Å². The van der Waals surface area contributed by atoms with Crippen LogP contribution in [0.3, 0.4) is 0 Å². The Morgan fingerprint density at radius 1 is 1.16 bits per heavy atom. The Balaban J connectivity index is 1.78. The molecule has 1 aliphatic rings. The summed E-state index contributed by atoms with van der Waals surface area (Å²) in [6.07, 6.45) is 4.98. The van der Waals surface area contributed by atoms with Crippen molar-refractivity contribution in [2.75, 3.05) is 0 Å². The first-order valence-electron chi connectivity index (χ1n) is 6.72. The first kappa shape index (κ1) is 12.3. The summed E-state index contributed by atoms with van der Waals surface area (Å²) in [6, 6.07) is 11.5. The molecule has 0 unspecified atom stereocenters. The minimum Gasteiger partial charge on any atom is -0.310 e. The van der Waals surface area contributed by atoms with Gasteiger partial charge in [0.15, 0.2) is 0 Å². The largest absolute Gasteiger partial charge is 0.310 e. The van der Waals surface area contributed by atoms with E-state index in [1.807, 2.05) is 24.3 Å². The normalized spacial score (nSPS) is 14.6. The smallest absolute Gasteiger partial charge is 0.123 e. The number of nitrogens with one attached hydrogen (secondary N) is 1. The van der Waals surface area contributed by atoms with Crippen molar-refractivity contribution in [1.82, 2.24) is 10.3 Å². The van der Waals surface area contributed by atoms with Crippen molar-refractivity contribution < 1.29 is 4.39 Å². The number of aromatic nitrogens is 1. The molecular formula is C16H17FN2. The Hall–Kier alpha value is -1.74. The summed E-state index contributed by atoms with van der Waals surface area (Å²) in [4.78, 5) is 4.31. The lowest BCUT2D eigenvalue weighted by atomic mass is 10.0. The van der Waals surface area contributed by atoms with Gasteiger partial charge in [-0.1, -0.05) is 12.1 Å². The van der Waals surface area contributed by atoms with Crippen LogP contribution in [-0.2, 0) is 13.0 Å². The Kier molecular flexibility index (Phi) is 3.56. The quantitative estimate of drug-likeness (QED) is 0.889. The molecule has 2 nitrogen and oxygen atoms in total. The maximum Gasteiger partial charge on any atom is 0.123 e. The fraction of sp³-hybridized carbons (Fsp3) is 0.312. The molecular weight excluding hydrogens is 239 g/mol. The van der Waals surface area contributed by atoms with Crippen LogP contribution in [0, 0.1) is 5.82 Å². The van der Waals surface area contributed by atoms with Crippen LogP contribution in [0.4, 0.5) is 4.39 Å². The van der Waals surface area contributed by atoms with Crippen molar-refractivity contribution in [3.05, 3.63) is 65.2 Å². The third-order valence-corrected chi connectivity index (χ3v) is 3.42. The molecule has 1 heterocycles. The molecule has 1 aliphatic carbocycles. The van der Waals surface area contributed by atoms with Crippen LogP contribution in [0.1, 0.15) is 29.7 Å². The Morgan fingerprint density at radius 3 is 2.79 bits per heavy atom. The van der Waals surface area contributed by atoms with Gasteiger partial charge in [0.2, 0.25) is 0 Å². The van der Waals surface area contributed by atoms with Gasteiger partial charge < -0.3 is 5.32 Å². The van der Waals surface area contributed by atoms with E-state index < -0.39 is 0 Å². The van der Waals surface area contributed by atoms with E-state index in [0.717, 1.165) is 17.8 Å². The summed E-state index contributed by atoms with van der Waals surface area (Å²) in [5.74, 6) is -0.180. The molecule has 1 N–H and O–H groups in total. The zero-order valence-corrected chi connectivity index (χ0v) is 10.8. The number of hydrogen-bond acceptors (Lipinski definition) is 2. The van der Waals surface area contributed by atoms with E-state index in [4.69, 9.17) is 0 Å². The van der Waals surface area contributed by atoms with Crippen molar-refractivity contribution in [2.45, 2.75) is 31.8 Å². The molecule has 98 valence electrons. The van der Waals surface area contributed by atoms with Crippen LogP contribution in [0.25, 0.3) is 0 Å². The monoisotopic (exact) mass is 256 g/mol. The standard InChI is InChI=1S/C16H17FN2/c17-14-5-4-12(11-19-15-6-7-15)13(9-14)10-16-3-1-2-8-18-16/h1-5,8-9,15,19H,6-7,10-11H2. The highest BCUT2D eigenvalue weighted by molar-refractivity contribution is 5.31. The molecule has 1 fully saturated rings. The van der Waals surface area contributed by atoms with Crippen LogP contribution in [0.5, 0.6) is 0 Å². The van der Waals surface area contributed by atoms with Gasteiger partial charge in [0.25, 0.3) is 0 Å². The van der Waals surface area contributed by atoms with Crippen LogP contribution >= 0.6 is 0 Å². The van der Waals surface area contributed by atoms with E-state index in [9.17, 15) is 4.39 Å². The number of halogens is 1. The number of nitrogens with zero attached hydrogens (tertiary/aromatic N) is 1. The molecule has 0 aliphatic heterocycles. The second kappa shape index (κ2) is 5.49. The molecule has 0 atom stereocenters. The van der Waals surface area contributed by atoms with Gasteiger partial charge in [0, 0.05) is 30.9 Å². The molecule has 3 rings (SSSR count). The molecule has 19 heavy (non-hydrogen) atoms. The summed E-state index contributed by atoms with van der Waals surface area (Å²) in [6.45, 7) is 0.813. The average molecular weight is 256 g/mol. The van der Waals surface area contributed by atoms with E-state index in [1.165, 1.54) is 24.5 Å². The molecule has 0 radical (unpaired) electrons. The van der Waals surface area contributed by atoms with E-state index in [1.54, 1.807) is 12.3 Å². The molecule has 2 aromatic rings. The highest BCUT2D eigenvalue weighted by Crippen LogP contribution is 2.21. The van der Waals surface area contributed by atoms with Gasteiger partial charge in [-0.3, -0.25) is 4.98 Å². The van der Waals surface area contributed by atoms with Crippen molar-refractivity contribution in [2.24, 2.45) is 0 Å². The number of pyridine rings is 1. The zero-order valence-electron chi connectivity index (χ0n) is 10.8. The molecule has 1 saturated carbocycles. The maximum atomic E-state index is 13.4. The summed E-state index contributed by atoms with van der Waals surface area (Å²) in [5, 5.41) is 3.48. The summed E-state index contributed by atoms with van der Waals surface area (Å²) < 4.78 is 13.4. The fourth-order valence-corrected chi connectivity index (χ4v) is 2.17. The van der Waals surface area contributed by atoms with Crippen molar-refractivity contribution in [3.63, 3.8) is 0 Å². The predicted molar refractivity (Wildman–Crippen MR) is 73.3 cm³/mol. The van der Waals surface area contributed by atoms with E-state index in [0.29, 0.717) is 12.5 Å². The second-order valence-corrected chi connectivity index (χ2v) is 5.07. The predicted octanol–water partition coefficient (Wildman–Crippen LogP) is 3.06. The topological polar surface area (TPSA) is 24.9 Å². The Morgan fingerprint density at radius 2 is 2.05 bits per heavy atom. The van der Waals surface area contributed by atoms with E-state index >= 15 is 0 Å². The molecule has 0 bridgehead atoms. The molecule has 0 saturated heterocycles. The highest BCUT2D eigenvalue weighted by Gasteiger charge is 2.20. The van der Waals surface area contributed by atoms with Crippen LogP contribution < -0.4 is 5.32 Å². The molecule has 1 aromatic carbocycles. The van der Waals surface area contributed by atoms with Crippen LogP contribution in [-0.4, -0.2) is 11.0 Å². The number of rotatable bonds is 5. The zero-order chi connectivity index (χ0) is 13.1. The Labute approximate surface area is 112 Å². The lowest BCUT2D eigenvalue weighted by Crippen LogP contribution is -2.16. The minimum absolute atomic E-state index is 0.180. The van der Waals surface area contributed by atoms with E-state index in [2.05, 4.69) is 10.3 Å². The lowest BCUT2D eigenvalue weighted by molar-refractivity contribution is 0.621. The maximum absolute atomic E-state index is 13.4. The fourth-order valence-electron chi connectivity index (χ4n) is 2.17. The van der Waals surface area contributed by atoms with Crippen molar-refractivity contribution in [3.8, 4) is 0 Å². The summed E-state index contributed by atoms with van der Waals surface area (Å²) in [5.41, 5.74) is 3.16. The SMILES string of the molecule is Fc1ccc(CNC2CC2)c(Cc2ccccn2)c1. The van der Waals surface area contributed by atoms with E-state index in [-0.39, 0.29) is 5.82 Å². The van der Waals surface area contributed by atoms with Gasteiger partial charge in [-0.25, -0.2) is 4.39 Å². The summed E-state index contributed by atoms with van der Waals surface area (Å²) in [7, 11) is 0. The van der Waals surface area contributed by atoms with Gasteiger partial charge in [0.05, 0.1) is 0 Å². The Bertz CT molecular complexity index is 550. The number of hydrogen-bond donors (Lipinski definition) is 1. The highest BCUT2D eigenvalue weighted by atomic mass is 19.1. The van der Waals surface area contributed by atoms with Crippen LogP contribution in [0.15, 0.2) is 42.6 Å². The van der Waals surface area contributed by atoms with Gasteiger partial charge >= 0.3 is 0 Å². The van der Waals surface area contributed by atoms with Gasteiger partial charge in [0.1, 0.15) is 5.82 Å². The molecule has 0 spiro atoms. The van der Waals surface area contributed by atoms with Crippen LogP contribution in [0.2, 0.25) is 0 Å². The van der Waals surface area contributed by atoms with Gasteiger partial charge in [-0.2, -0.15) is 0 Å². The minimum atomic E-state index is -0.180. The molecule has 0 amide bonds. The average Bonchev–Trinajstić information content (AvgIpc) is 3.23. The van der Waals surface area contributed by atoms with Crippen molar-refractivity contribution in [1.29, 1.82) is 0 Å². The third kappa shape index (κ3) is 3.38. The first-order valence-corrected chi connectivity index (χ1v) is 6.72. The first-order chi connectivity index (χ1) is 9.31. The molecule has 3 heteroatoms. The number of benzene rings is 1. The summed E-state index contributed by atoms with van der Waals surface area (Å²) >= 11 is 0. The van der Waals surface area contributed by atoms with Crippen molar-refractivity contribution >= 4 is 0 Å². The third-order valence-electron chi connectivity index (χ3n) is 3.42. The van der Waals surface area contributed by atoms with Gasteiger partial charge in [-0.15, -0.1) is 0 Å². The lowest BCUT2D eigenvalue weighted by Gasteiger charge is -2.10. The second-order valence-electron chi connectivity index (χ2n) is 5.07. The molecule has 1 aromatic heterocycles.